The molecule has 0 N–H and O–H groups in total. The topological polar surface area (TPSA) is 44.1 Å². The van der Waals surface area contributed by atoms with E-state index in [1.807, 2.05) is 31.1 Å². The van der Waals surface area contributed by atoms with Crippen molar-refractivity contribution in [3.05, 3.63) is 29.3 Å². The van der Waals surface area contributed by atoms with Gasteiger partial charge in [0, 0.05) is 19.8 Å². The number of benzene rings is 1. The zero-order chi connectivity index (χ0) is 9.84. The molecule has 0 bridgehead atoms. The second-order valence-electron chi connectivity index (χ2n) is 2.86. The van der Waals surface area contributed by atoms with Crippen LogP contribution in [0.15, 0.2) is 18.2 Å². The van der Waals surface area contributed by atoms with E-state index in [1.54, 1.807) is 12.1 Å². The lowest BCUT2D eigenvalue weighted by molar-refractivity contribution is 0.112. The number of nitrogens with zero attached hydrogens (tertiary/aromatic N) is 2. The molecule has 3 nitrogen and oxygen atoms in total. The van der Waals surface area contributed by atoms with Crippen LogP contribution in [0.25, 0.3) is 0 Å². The molecule has 0 saturated carbocycles. The van der Waals surface area contributed by atoms with Crippen LogP contribution in [-0.4, -0.2) is 20.4 Å². The molecule has 0 saturated heterocycles. The van der Waals surface area contributed by atoms with Crippen LogP contribution in [0.1, 0.15) is 15.9 Å². The van der Waals surface area contributed by atoms with Gasteiger partial charge in [-0.25, -0.2) is 0 Å². The van der Waals surface area contributed by atoms with Crippen LogP contribution in [0, 0.1) is 11.3 Å². The standard InChI is InChI=1S/C10H10N2O/c1-12(2)10-5-3-4-8(6-11)9(10)7-13/h3-5,7H,1-2H3. The second kappa shape index (κ2) is 3.72. The SMILES string of the molecule is CN(C)c1cccc(C#N)c1C=O. The number of carbonyl (C=O) groups excluding carboxylic acids is 1. The van der Waals surface area contributed by atoms with Gasteiger partial charge in [0.05, 0.1) is 17.2 Å². The summed E-state index contributed by atoms with van der Waals surface area (Å²) in [6, 6.07) is 7.19. The van der Waals surface area contributed by atoms with E-state index in [0.717, 1.165) is 5.69 Å². The van der Waals surface area contributed by atoms with Crippen LogP contribution >= 0.6 is 0 Å². The molecule has 1 aromatic rings. The maximum atomic E-state index is 10.7. The monoisotopic (exact) mass is 174 g/mol. The lowest BCUT2D eigenvalue weighted by Crippen LogP contribution is -2.11. The first-order valence-electron chi connectivity index (χ1n) is 3.86. The van der Waals surface area contributed by atoms with Crippen LogP contribution < -0.4 is 4.90 Å². The molecule has 0 amide bonds. The molecular weight excluding hydrogens is 164 g/mol. The molecule has 0 spiro atoms. The van der Waals surface area contributed by atoms with Gasteiger partial charge >= 0.3 is 0 Å². The molecule has 0 atom stereocenters. The first-order valence-corrected chi connectivity index (χ1v) is 3.86. The molecule has 0 unspecified atom stereocenters. The molecule has 0 aliphatic rings. The van der Waals surface area contributed by atoms with Crippen molar-refractivity contribution in [1.29, 1.82) is 5.26 Å². The fourth-order valence-electron chi connectivity index (χ4n) is 1.16. The van der Waals surface area contributed by atoms with E-state index in [-0.39, 0.29) is 0 Å². The fraction of sp³-hybridized carbons (Fsp3) is 0.200. The van der Waals surface area contributed by atoms with Crippen molar-refractivity contribution in [3.8, 4) is 6.07 Å². The molecule has 66 valence electrons. The van der Waals surface area contributed by atoms with Crippen molar-refractivity contribution >= 4 is 12.0 Å². The second-order valence-corrected chi connectivity index (χ2v) is 2.86. The maximum absolute atomic E-state index is 10.7. The summed E-state index contributed by atoms with van der Waals surface area (Å²) in [5.41, 5.74) is 1.64. The highest BCUT2D eigenvalue weighted by molar-refractivity contribution is 5.88. The number of hydrogen-bond acceptors (Lipinski definition) is 3. The summed E-state index contributed by atoms with van der Waals surface area (Å²) >= 11 is 0. The van der Waals surface area contributed by atoms with Gasteiger partial charge in [-0.05, 0) is 12.1 Å². The first-order chi connectivity index (χ1) is 6.20. The Morgan fingerprint density at radius 2 is 2.15 bits per heavy atom. The first kappa shape index (κ1) is 9.27. The molecule has 0 radical (unpaired) electrons. The molecule has 1 rings (SSSR count). The van der Waals surface area contributed by atoms with E-state index in [4.69, 9.17) is 5.26 Å². The van der Waals surface area contributed by atoms with E-state index in [0.29, 0.717) is 17.4 Å². The number of aldehydes is 1. The summed E-state index contributed by atoms with van der Waals surface area (Å²) < 4.78 is 0. The Morgan fingerprint density at radius 1 is 1.46 bits per heavy atom. The summed E-state index contributed by atoms with van der Waals surface area (Å²) in [6.45, 7) is 0. The van der Waals surface area contributed by atoms with Crippen molar-refractivity contribution in [2.24, 2.45) is 0 Å². The molecule has 0 heterocycles. The fourth-order valence-corrected chi connectivity index (χ4v) is 1.16. The van der Waals surface area contributed by atoms with Crippen LogP contribution in [-0.2, 0) is 0 Å². The Hall–Kier alpha value is -1.82. The third-order valence-electron chi connectivity index (χ3n) is 1.80. The van der Waals surface area contributed by atoms with E-state index in [9.17, 15) is 4.79 Å². The Kier molecular flexibility index (Phi) is 2.65. The zero-order valence-corrected chi connectivity index (χ0v) is 7.61. The molecule has 13 heavy (non-hydrogen) atoms. The van der Waals surface area contributed by atoms with Crippen molar-refractivity contribution in [2.75, 3.05) is 19.0 Å². The number of hydrogen-bond donors (Lipinski definition) is 0. The molecule has 0 fully saturated rings. The molecule has 3 heteroatoms. The van der Waals surface area contributed by atoms with Crippen molar-refractivity contribution in [2.45, 2.75) is 0 Å². The van der Waals surface area contributed by atoms with Crippen LogP contribution in [0.3, 0.4) is 0 Å². The average Bonchev–Trinajstić information content (AvgIpc) is 2.16. The maximum Gasteiger partial charge on any atom is 0.153 e. The number of nitriles is 1. The van der Waals surface area contributed by atoms with Gasteiger partial charge in [-0.2, -0.15) is 5.26 Å². The van der Waals surface area contributed by atoms with Gasteiger partial charge in [0.2, 0.25) is 0 Å². The van der Waals surface area contributed by atoms with Gasteiger partial charge in [-0.15, -0.1) is 0 Å². The molecular formula is C10H10N2O. The Morgan fingerprint density at radius 3 is 2.62 bits per heavy atom. The van der Waals surface area contributed by atoms with Crippen molar-refractivity contribution in [3.63, 3.8) is 0 Å². The van der Waals surface area contributed by atoms with Gasteiger partial charge in [0.15, 0.2) is 6.29 Å². The van der Waals surface area contributed by atoms with E-state index in [2.05, 4.69) is 0 Å². The van der Waals surface area contributed by atoms with Crippen LogP contribution in [0.4, 0.5) is 5.69 Å². The normalized spacial score (nSPS) is 9.00. The largest absolute Gasteiger partial charge is 0.377 e. The summed E-state index contributed by atoms with van der Waals surface area (Å²) in [5.74, 6) is 0. The molecule has 0 aliphatic heterocycles. The highest BCUT2D eigenvalue weighted by atomic mass is 16.1. The smallest absolute Gasteiger partial charge is 0.153 e. The summed E-state index contributed by atoms with van der Waals surface area (Å²) in [4.78, 5) is 12.5. The van der Waals surface area contributed by atoms with E-state index >= 15 is 0 Å². The van der Waals surface area contributed by atoms with Crippen LogP contribution in [0.5, 0.6) is 0 Å². The minimum atomic E-state index is 0.418. The summed E-state index contributed by atoms with van der Waals surface area (Å²) in [5, 5.41) is 8.73. The van der Waals surface area contributed by atoms with Gasteiger partial charge in [0.25, 0.3) is 0 Å². The van der Waals surface area contributed by atoms with Gasteiger partial charge in [0.1, 0.15) is 0 Å². The minimum Gasteiger partial charge on any atom is -0.377 e. The van der Waals surface area contributed by atoms with Crippen LogP contribution in [0.2, 0.25) is 0 Å². The Labute approximate surface area is 77.2 Å². The summed E-state index contributed by atoms with van der Waals surface area (Å²) in [6.07, 6.45) is 0.716. The summed E-state index contributed by atoms with van der Waals surface area (Å²) in [7, 11) is 3.67. The Bertz CT molecular complexity index is 364. The minimum absolute atomic E-state index is 0.418. The molecule has 0 aliphatic carbocycles. The molecule has 1 aromatic carbocycles. The van der Waals surface area contributed by atoms with Crippen molar-refractivity contribution < 1.29 is 4.79 Å². The average molecular weight is 174 g/mol. The molecule has 0 aromatic heterocycles. The van der Waals surface area contributed by atoms with Gasteiger partial charge in [-0.1, -0.05) is 6.07 Å². The number of rotatable bonds is 2. The highest BCUT2D eigenvalue weighted by Gasteiger charge is 2.07. The van der Waals surface area contributed by atoms with E-state index < -0.39 is 0 Å². The van der Waals surface area contributed by atoms with Gasteiger partial charge < -0.3 is 4.90 Å². The van der Waals surface area contributed by atoms with E-state index in [1.165, 1.54) is 0 Å². The zero-order valence-electron chi connectivity index (χ0n) is 7.61. The third-order valence-corrected chi connectivity index (χ3v) is 1.80. The predicted octanol–water partition coefficient (Wildman–Crippen LogP) is 1.44. The highest BCUT2D eigenvalue weighted by Crippen LogP contribution is 2.19. The number of anilines is 1. The third kappa shape index (κ3) is 1.67. The lowest BCUT2D eigenvalue weighted by Gasteiger charge is -2.14. The lowest BCUT2D eigenvalue weighted by atomic mass is 10.1. The Balaban J connectivity index is 3.37. The van der Waals surface area contributed by atoms with Crippen molar-refractivity contribution in [1.82, 2.24) is 0 Å². The predicted molar refractivity (Wildman–Crippen MR) is 50.9 cm³/mol. The number of carbonyl (C=O) groups is 1. The quantitative estimate of drug-likeness (QED) is 0.637. The van der Waals surface area contributed by atoms with Gasteiger partial charge in [-0.3, -0.25) is 4.79 Å².